The zero-order chi connectivity index (χ0) is 21.3. The molecule has 0 aliphatic carbocycles. The van der Waals surface area contributed by atoms with Crippen LogP contribution in [0.25, 0.3) is 0 Å². The average molecular weight is 403 g/mol. The lowest BCUT2D eigenvalue weighted by molar-refractivity contribution is -0.159. The van der Waals surface area contributed by atoms with Crippen LogP contribution in [0.2, 0.25) is 0 Å². The molecular weight excluding hydrogens is 378 g/mol. The lowest BCUT2D eigenvalue weighted by atomic mass is 9.73. The summed E-state index contributed by atoms with van der Waals surface area (Å²) in [4.78, 5) is 33.0. The lowest BCUT2D eigenvalue weighted by Crippen LogP contribution is -2.73. The van der Waals surface area contributed by atoms with Gasteiger partial charge in [-0.3, -0.25) is 14.6 Å². The van der Waals surface area contributed by atoms with Crippen LogP contribution >= 0.6 is 0 Å². The van der Waals surface area contributed by atoms with E-state index in [2.05, 4.69) is 16.8 Å². The molecule has 2 aromatic rings. The maximum Gasteiger partial charge on any atom is 0.272 e. The molecule has 2 amide bonds. The van der Waals surface area contributed by atoms with Crippen LogP contribution < -0.4 is 0 Å². The van der Waals surface area contributed by atoms with Crippen LogP contribution in [-0.2, 0) is 4.79 Å². The fraction of sp³-hybridized carbons (Fsp3) is 0.375. The molecule has 1 aromatic carbocycles. The van der Waals surface area contributed by atoms with Gasteiger partial charge in [-0.1, -0.05) is 43.9 Å². The van der Waals surface area contributed by atoms with Crippen LogP contribution in [0, 0.1) is 17.8 Å². The van der Waals surface area contributed by atoms with Crippen molar-refractivity contribution >= 4 is 11.8 Å². The Labute approximate surface area is 176 Å². The number of pyridine rings is 1. The van der Waals surface area contributed by atoms with Crippen molar-refractivity contribution in [1.29, 1.82) is 0 Å². The van der Waals surface area contributed by atoms with Gasteiger partial charge in [0.1, 0.15) is 12.2 Å². The van der Waals surface area contributed by atoms with Crippen LogP contribution in [-0.4, -0.2) is 63.5 Å². The number of aliphatic hydroxyl groups excluding tert-OH is 1. The predicted octanol–water partition coefficient (Wildman–Crippen LogP) is 1.90. The highest BCUT2D eigenvalue weighted by Crippen LogP contribution is 2.43. The molecule has 1 N–H and O–H groups in total. The van der Waals surface area contributed by atoms with Crippen molar-refractivity contribution in [2.45, 2.75) is 31.8 Å². The molecule has 3 heterocycles. The largest absolute Gasteiger partial charge is 0.394 e. The molecule has 3 atom stereocenters. The molecule has 0 bridgehead atoms. The maximum atomic E-state index is 12.8. The number of carbonyl (C=O) groups excluding carboxylic acids is 2. The van der Waals surface area contributed by atoms with E-state index < -0.39 is 0 Å². The van der Waals surface area contributed by atoms with E-state index in [1.165, 1.54) is 0 Å². The summed E-state index contributed by atoms with van der Waals surface area (Å²) in [6.45, 7) is 4.44. The van der Waals surface area contributed by atoms with E-state index in [0.29, 0.717) is 18.2 Å². The summed E-state index contributed by atoms with van der Waals surface area (Å²) in [5, 5.41) is 9.92. The summed E-state index contributed by atoms with van der Waals surface area (Å²) >= 11 is 0. The van der Waals surface area contributed by atoms with Crippen molar-refractivity contribution in [3.63, 3.8) is 0 Å². The van der Waals surface area contributed by atoms with Gasteiger partial charge in [0.05, 0.1) is 18.7 Å². The smallest absolute Gasteiger partial charge is 0.272 e. The van der Waals surface area contributed by atoms with Gasteiger partial charge < -0.3 is 14.9 Å². The SMILES string of the molecule is CC(C)C#Cc1ccc([C@H]2[C@@H](CO)N3C(=O)CN(C(=O)c4ccccn4)C[C@H]23)cc1. The highest BCUT2D eigenvalue weighted by atomic mass is 16.3. The molecule has 6 nitrogen and oxygen atoms in total. The molecular formula is C24H25N3O3. The topological polar surface area (TPSA) is 73.7 Å². The molecule has 2 aliphatic rings. The van der Waals surface area contributed by atoms with E-state index in [1.54, 1.807) is 34.2 Å². The monoisotopic (exact) mass is 403 g/mol. The zero-order valence-electron chi connectivity index (χ0n) is 17.2. The third kappa shape index (κ3) is 3.69. The molecule has 0 radical (unpaired) electrons. The summed E-state index contributed by atoms with van der Waals surface area (Å²) in [6, 6.07) is 12.7. The number of nitrogens with zero attached hydrogens (tertiary/aromatic N) is 3. The molecule has 0 unspecified atom stereocenters. The second-order valence-electron chi connectivity index (χ2n) is 8.09. The molecule has 1 aromatic heterocycles. The molecule has 4 rings (SSSR count). The Morgan fingerprint density at radius 1 is 1.23 bits per heavy atom. The minimum absolute atomic E-state index is 0.0128. The van der Waals surface area contributed by atoms with Gasteiger partial charge in [0.15, 0.2) is 0 Å². The number of aliphatic hydroxyl groups is 1. The molecule has 154 valence electrons. The number of benzene rings is 1. The van der Waals surface area contributed by atoms with E-state index in [9.17, 15) is 14.7 Å². The number of amides is 2. The Hall–Kier alpha value is -3.17. The van der Waals surface area contributed by atoms with Crippen LogP contribution in [0.5, 0.6) is 0 Å². The van der Waals surface area contributed by atoms with Gasteiger partial charge in [-0.15, -0.1) is 0 Å². The summed E-state index contributed by atoms with van der Waals surface area (Å²) in [5.74, 6) is 6.21. The Kier molecular flexibility index (Phi) is 5.56. The van der Waals surface area contributed by atoms with E-state index in [-0.39, 0.29) is 43.0 Å². The average Bonchev–Trinajstić information content (AvgIpc) is 2.74. The van der Waals surface area contributed by atoms with E-state index in [4.69, 9.17) is 0 Å². The summed E-state index contributed by atoms with van der Waals surface area (Å²) < 4.78 is 0. The van der Waals surface area contributed by atoms with E-state index in [1.807, 2.05) is 38.1 Å². The normalized spacial score (nSPS) is 22.8. The molecule has 6 heteroatoms. The van der Waals surface area contributed by atoms with Crippen LogP contribution in [0.3, 0.4) is 0 Å². The van der Waals surface area contributed by atoms with Gasteiger partial charge in [0.25, 0.3) is 5.91 Å². The van der Waals surface area contributed by atoms with E-state index in [0.717, 1.165) is 11.1 Å². The van der Waals surface area contributed by atoms with Gasteiger partial charge in [-0.25, -0.2) is 0 Å². The van der Waals surface area contributed by atoms with Crippen LogP contribution in [0.4, 0.5) is 0 Å². The van der Waals surface area contributed by atoms with E-state index >= 15 is 0 Å². The Balaban J connectivity index is 1.55. The van der Waals surface area contributed by atoms with Gasteiger partial charge >= 0.3 is 0 Å². The summed E-state index contributed by atoms with van der Waals surface area (Å²) in [5.41, 5.74) is 2.32. The molecule has 30 heavy (non-hydrogen) atoms. The highest BCUT2D eigenvalue weighted by molar-refractivity contribution is 5.96. The third-order valence-corrected chi connectivity index (χ3v) is 5.72. The second kappa shape index (κ2) is 8.29. The van der Waals surface area contributed by atoms with Gasteiger partial charge in [-0.2, -0.15) is 0 Å². The summed E-state index contributed by atoms with van der Waals surface area (Å²) in [6.07, 6.45) is 1.57. The molecule has 2 aliphatic heterocycles. The number of hydrogen-bond donors (Lipinski definition) is 1. The van der Waals surface area contributed by atoms with Crippen molar-refractivity contribution in [1.82, 2.24) is 14.8 Å². The third-order valence-electron chi connectivity index (χ3n) is 5.72. The first-order valence-electron chi connectivity index (χ1n) is 10.2. The molecule has 2 fully saturated rings. The fourth-order valence-corrected chi connectivity index (χ4v) is 4.32. The van der Waals surface area contributed by atoms with Gasteiger partial charge in [0, 0.05) is 30.1 Å². The molecule has 0 spiro atoms. The van der Waals surface area contributed by atoms with Crippen LogP contribution in [0.15, 0.2) is 48.7 Å². The first-order chi connectivity index (χ1) is 14.5. The van der Waals surface area contributed by atoms with Gasteiger partial charge in [0.2, 0.25) is 5.91 Å². The van der Waals surface area contributed by atoms with Crippen molar-refractivity contribution in [2.24, 2.45) is 5.92 Å². The summed E-state index contributed by atoms with van der Waals surface area (Å²) in [7, 11) is 0. The molecule has 0 saturated carbocycles. The van der Waals surface area contributed by atoms with Gasteiger partial charge in [-0.05, 0) is 29.8 Å². The Bertz CT molecular complexity index is 992. The van der Waals surface area contributed by atoms with Crippen molar-refractivity contribution in [3.8, 4) is 11.8 Å². The minimum Gasteiger partial charge on any atom is -0.394 e. The fourth-order valence-electron chi connectivity index (χ4n) is 4.32. The Morgan fingerprint density at radius 2 is 2.00 bits per heavy atom. The van der Waals surface area contributed by atoms with Crippen molar-refractivity contribution in [2.75, 3.05) is 19.7 Å². The number of fused-ring (bicyclic) bond motifs is 1. The zero-order valence-corrected chi connectivity index (χ0v) is 17.2. The molecule has 2 saturated heterocycles. The lowest BCUT2D eigenvalue weighted by Gasteiger charge is -2.58. The number of hydrogen-bond acceptors (Lipinski definition) is 4. The Morgan fingerprint density at radius 3 is 2.63 bits per heavy atom. The van der Waals surface area contributed by atoms with Crippen molar-refractivity contribution in [3.05, 3.63) is 65.5 Å². The van der Waals surface area contributed by atoms with Crippen LogP contribution in [0.1, 0.15) is 41.4 Å². The number of rotatable bonds is 3. The first-order valence-corrected chi connectivity index (χ1v) is 10.2. The first kappa shape index (κ1) is 20.1. The highest BCUT2D eigenvalue weighted by Gasteiger charge is 2.54. The number of aromatic nitrogens is 1. The quantitative estimate of drug-likeness (QED) is 0.795. The number of piperazine rings is 1. The van der Waals surface area contributed by atoms with Crippen molar-refractivity contribution < 1.29 is 14.7 Å². The standard InChI is InChI=1S/C24H25N3O3/c1-16(2)6-7-17-8-10-18(11-9-17)23-20-13-26(14-22(29)27(20)21(23)15-28)24(30)19-5-3-4-12-25-19/h3-5,8-12,16,20-21,23,28H,13-15H2,1-2H3/t20-,21-,23-/m1/s1. The second-order valence-corrected chi connectivity index (χ2v) is 8.09. The minimum atomic E-state index is -0.262. The number of carbonyl (C=O) groups is 2. The maximum absolute atomic E-state index is 12.8. The predicted molar refractivity (Wildman–Crippen MR) is 113 cm³/mol.